The SMILES string of the molecule is Cc1ccc(-c2nc3nc(C#N)c(C#N)nc3nc2-c2ccc(CF)cc2)cc1. The molecule has 0 bridgehead atoms. The fourth-order valence-corrected chi connectivity index (χ4v) is 2.91. The molecule has 0 aliphatic heterocycles. The van der Waals surface area contributed by atoms with Gasteiger partial charge >= 0.3 is 0 Å². The molecular formula is C22H13FN6. The predicted molar refractivity (Wildman–Crippen MR) is 105 cm³/mol. The van der Waals surface area contributed by atoms with E-state index in [-0.39, 0.29) is 22.7 Å². The number of nitrogens with zero attached hydrogens (tertiary/aromatic N) is 6. The molecule has 29 heavy (non-hydrogen) atoms. The van der Waals surface area contributed by atoms with Crippen molar-refractivity contribution in [3.63, 3.8) is 0 Å². The van der Waals surface area contributed by atoms with Gasteiger partial charge in [0.05, 0.1) is 11.4 Å². The number of alkyl halides is 1. The number of nitriles is 2. The molecule has 0 aliphatic rings. The van der Waals surface area contributed by atoms with E-state index in [4.69, 9.17) is 0 Å². The molecule has 0 unspecified atom stereocenters. The van der Waals surface area contributed by atoms with E-state index in [9.17, 15) is 14.9 Å². The molecule has 0 aliphatic carbocycles. The highest BCUT2D eigenvalue weighted by Gasteiger charge is 2.17. The number of halogens is 1. The van der Waals surface area contributed by atoms with Crippen molar-refractivity contribution >= 4 is 11.3 Å². The molecule has 4 rings (SSSR count). The summed E-state index contributed by atoms with van der Waals surface area (Å²) in [6.45, 7) is 1.43. The average Bonchev–Trinajstić information content (AvgIpc) is 2.77. The second-order valence-corrected chi connectivity index (χ2v) is 6.41. The Morgan fingerprint density at radius 1 is 0.724 bits per heavy atom. The third-order valence-electron chi connectivity index (χ3n) is 4.44. The first-order valence-electron chi connectivity index (χ1n) is 8.75. The van der Waals surface area contributed by atoms with Crippen LogP contribution in [0.25, 0.3) is 33.8 Å². The Morgan fingerprint density at radius 2 is 1.17 bits per heavy atom. The molecule has 4 aromatic rings. The lowest BCUT2D eigenvalue weighted by atomic mass is 10.0. The van der Waals surface area contributed by atoms with Crippen molar-refractivity contribution in [3.05, 3.63) is 71.0 Å². The molecule has 0 N–H and O–H groups in total. The van der Waals surface area contributed by atoms with Gasteiger partial charge < -0.3 is 0 Å². The fraction of sp³-hybridized carbons (Fsp3) is 0.0909. The van der Waals surface area contributed by atoms with Gasteiger partial charge in [0.1, 0.15) is 18.8 Å². The predicted octanol–water partition coefficient (Wildman–Crippen LogP) is 4.28. The maximum atomic E-state index is 12.9. The van der Waals surface area contributed by atoms with Crippen LogP contribution in [0.3, 0.4) is 0 Å². The van der Waals surface area contributed by atoms with Crippen molar-refractivity contribution < 1.29 is 4.39 Å². The van der Waals surface area contributed by atoms with Gasteiger partial charge in [-0.1, -0.05) is 54.1 Å². The van der Waals surface area contributed by atoms with Gasteiger partial charge in [0.15, 0.2) is 22.7 Å². The van der Waals surface area contributed by atoms with Crippen LogP contribution >= 0.6 is 0 Å². The molecule has 6 nitrogen and oxygen atoms in total. The van der Waals surface area contributed by atoms with Crippen LogP contribution in [0, 0.1) is 29.6 Å². The highest BCUT2D eigenvalue weighted by molar-refractivity contribution is 5.83. The van der Waals surface area contributed by atoms with E-state index in [1.807, 2.05) is 43.3 Å². The maximum absolute atomic E-state index is 12.9. The molecule has 0 spiro atoms. The molecule has 0 amide bonds. The van der Waals surface area contributed by atoms with Gasteiger partial charge in [-0.05, 0) is 12.5 Å². The molecule has 0 saturated carbocycles. The third kappa shape index (κ3) is 3.38. The minimum absolute atomic E-state index is 0.0933. The minimum Gasteiger partial charge on any atom is -0.246 e. The van der Waals surface area contributed by atoms with Crippen molar-refractivity contribution in [3.8, 4) is 34.7 Å². The number of benzene rings is 2. The molecule has 138 valence electrons. The lowest BCUT2D eigenvalue weighted by molar-refractivity contribution is 0.485. The van der Waals surface area contributed by atoms with Gasteiger partial charge in [0.25, 0.3) is 0 Å². The summed E-state index contributed by atoms with van der Waals surface area (Å²) in [6, 6.07) is 18.4. The van der Waals surface area contributed by atoms with Gasteiger partial charge in [0, 0.05) is 11.1 Å². The van der Waals surface area contributed by atoms with Crippen LogP contribution in [-0.2, 0) is 6.67 Å². The van der Waals surface area contributed by atoms with Crippen LogP contribution in [0.15, 0.2) is 48.5 Å². The normalized spacial score (nSPS) is 10.5. The van der Waals surface area contributed by atoms with E-state index in [2.05, 4.69) is 19.9 Å². The zero-order valence-electron chi connectivity index (χ0n) is 15.4. The van der Waals surface area contributed by atoms with E-state index >= 15 is 0 Å². The fourth-order valence-electron chi connectivity index (χ4n) is 2.91. The van der Waals surface area contributed by atoms with Crippen molar-refractivity contribution in [1.29, 1.82) is 10.5 Å². The zero-order chi connectivity index (χ0) is 20.4. The van der Waals surface area contributed by atoms with E-state index in [0.717, 1.165) is 16.7 Å². The monoisotopic (exact) mass is 380 g/mol. The second kappa shape index (κ2) is 7.41. The Balaban J connectivity index is 2.02. The van der Waals surface area contributed by atoms with Gasteiger partial charge in [-0.15, -0.1) is 0 Å². The molecular weight excluding hydrogens is 367 g/mol. The van der Waals surface area contributed by atoms with E-state index in [1.54, 1.807) is 24.3 Å². The first-order chi connectivity index (χ1) is 14.1. The molecule has 0 atom stereocenters. The number of rotatable bonds is 3. The number of hydrogen-bond donors (Lipinski definition) is 0. The second-order valence-electron chi connectivity index (χ2n) is 6.41. The van der Waals surface area contributed by atoms with Gasteiger partial charge in [-0.25, -0.2) is 24.3 Å². The molecule has 7 heteroatoms. The Labute approximate surface area is 166 Å². The highest BCUT2D eigenvalue weighted by atomic mass is 19.1. The Bertz CT molecular complexity index is 1300. The maximum Gasteiger partial charge on any atom is 0.199 e. The Morgan fingerprint density at radius 3 is 1.59 bits per heavy atom. The van der Waals surface area contributed by atoms with Gasteiger partial charge in [-0.2, -0.15) is 10.5 Å². The van der Waals surface area contributed by atoms with Crippen LogP contribution in [0.2, 0.25) is 0 Å². The summed E-state index contributed by atoms with van der Waals surface area (Å²) >= 11 is 0. The van der Waals surface area contributed by atoms with Crippen LogP contribution in [0.5, 0.6) is 0 Å². The summed E-state index contributed by atoms with van der Waals surface area (Å²) in [4.78, 5) is 17.5. The van der Waals surface area contributed by atoms with E-state index in [0.29, 0.717) is 17.0 Å². The molecule has 0 saturated heterocycles. The molecule has 2 aromatic heterocycles. The van der Waals surface area contributed by atoms with E-state index < -0.39 is 6.67 Å². The standard InChI is InChI=1S/C22H13FN6/c1-13-2-6-15(7-3-13)19-20(16-8-4-14(10-23)5-9-16)29-22-21(28-19)26-17(11-24)18(12-25)27-22/h2-9H,10H2,1H3. The molecule has 0 fully saturated rings. The molecule has 2 aromatic carbocycles. The molecule has 2 heterocycles. The summed E-state index contributed by atoms with van der Waals surface area (Å²) in [5, 5.41) is 18.4. The van der Waals surface area contributed by atoms with Gasteiger partial charge in [0.2, 0.25) is 0 Å². The number of hydrogen-bond acceptors (Lipinski definition) is 6. The van der Waals surface area contributed by atoms with Crippen molar-refractivity contribution in [1.82, 2.24) is 19.9 Å². The van der Waals surface area contributed by atoms with Gasteiger partial charge in [-0.3, -0.25) is 0 Å². The number of aryl methyl sites for hydroxylation is 1. The van der Waals surface area contributed by atoms with Crippen molar-refractivity contribution in [2.24, 2.45) is 0 Å². The first-order valence-corrected chi connectivity index (χ1v) is 8.75. The zero-order valence-corrected chi connectivity index (χ0v) is 15.4. The topological polar surface area (TPSA) is 99.1 Å². The summed E-state index contributed by atoms with van der Waals surface area (Å²) < 4.78 is 12.9. The van der Waals surface area contributed by atoms with E-state index in [1.165, 1.54) is 0 Å². The quantitative estimate of drug-likeness (QED) is 0.526. The molecule has 0 radical (unpaired) electrons. The average molecular weight is 380 g/mol. The Hall–Kier alpha value is -4.23. The first kappa shape index (κ1) is 18.1. The highest BCUT2D eigenvalue weighted by Crippen LogP contribution is 2.31. The lowest BCUT2D eigenvalue weighted by Crippen LogP contribution is -2.03. The summed E-state index contributed by atoms with van der Waals surface area (Å²) in [5.74, 6) is 0. The van der Waals surface area contributed by atoms with Crippen LogP contribution < -0.4 is 0 Å². The lowest BCUT2D eigenvalue weighted by Gasteiger charge is -2.11. The smallest absolute Gasteiger partial charge is 0.199 e. The van der Waals surface area contributed by atoms with Crippen LogP contribution in [-0.4, -0.2) is 19.9 Å². The number of fused-ring (bicyclic) bond motifs is 1. The van der Waals surface area contributed by atoms with Crippen LogP contribution in [0.1, 0.15) is 22.5 Å². The third-order valence-corrected chi connectivity index (χ3v) is 4.44. The summed E-state index contributed by atoms with van der Waals surface area (Å²) in [6.07, 6.45) is 0. The minimum atomic E-state index is -0.553. The number of aromatic nitrogens is 4. The van der Waals surface area contributed by atoms with Crippen molar-refractivity contribution in [2.45, 2.75) is 13.6 Å². The summed E-state index contributed by atoms with van der Waals surface area (Å²) in [7, 11) is 0. The van der Waals surface area contributed by atoms with Crippen molar-refractivity contribution in [2.75, 3.05) is 0 Å². The summed E-state index contributed by atoms with van der Waals surface area (Å²) in [5.41, 5.74) is 4.46. The Kier molecular flexibility index (Phi) is 4.64. The van der Waals surface area contributed by atoms with Crippen LogP contribution in [0.4, 0.5) is 4.39 Å². The largest absolute Gasteiger partial charge is 0.246 e.